The van der Waals surface area contributed by atoms with Crippen LogP contribution in [0.5, 0.6) is 0 Å². The van der Waals surface area contributed by atoms with Gasteiger partial charge in [-0.3, -0.25) is 9.78 Å². The van der Waals surface area contributed by atoms with E-state index in [0.717, 1.165) is 51.7 Å². The van der Waals surface area contributed by atoms with E-state index in [-0.39, 0.29) is 5.91 Å². The van der Waals surface area contributed by atoms with Crippen molar-refractivity contribution in [3.8, 4) is 16.9 Å². The zero-order valence-corrected chi connectivity index (χ0v) is 18.9. The fraction of sp³-hybridized carbons (Fsp3) is 0.240. The number of thiazole rings is 1. The Hall–Kier alpha value is -3.25. The first-order chi connectivity index (χ1) is 15.0. The maximum absolute atomic E-state index is 12.8. The standard InChI is InChI=1S/C25H26N4OS/c1-17-7-4-5-8-23(17)29-18(2)15-21(19(29)3)25(30)27-12-6-9-24-28-22(16-31-24)20-10-13-26-14-11-20/h4-5,7-8,10-11,13-16H,6,9,12H2,1-3H3,(H,27,30). The first kappa shape index (κ1) is 21.0. The predicted molar refractivity (Wildman–Crippen MR) is 126 cm³/mol. The molecule has 0 bridgehead atoms. The summed E-state index contributed by atoms with van der Waals surface area (Å²) in [4.78, 5) is 21.6. The lowest BCUT2D eigenvalue weighted by Gasteiger charge is -2.12. The topological polar surface area (TPSA) is 59.8 Å². The van der Waals surface area contributed by atoms with Crippen LogP contribution in [-0.2, 0) is 6.42 Å². The highest BCUT2D eigenvalue weighted by Gasteiger charge is 2.17. The van der Waals surface area contributed by atoms with Gasteiger partial charge in [0.1, 0.15) is 0 Å². The molecule has 3 aromatic heterocycles. The zero-order chi connectivity index (χ0) is 21.8. The summed E-state index contributed by atoms with van der Waals surface area (Å²) in [7, 11) is 0. The monoisotopic (exact) mass is 430 g/mol. The Balaban J connectivity index is 1.35. The summed E-state index contributed by atoms with van der Waals surface area (Å²) in [6.45, 7) is 6.76. The van der Waals surface area contributed by atoms with E-state index in [2.05, 4.69) is 39.3 Å². The van der Waals surface area contributed by atoms with Gasteiger partial charge in [0, 0.05) is 53.4 Å². The summed E-state index contributed by atoms with van der Waals surface area (Å²) < 4.78 is 2.15. The van der Waals surface area contributed by atoms with Gasteiger partial charge in [0.25, 0.3) is 5.91 Å². The number of aromatic nitrogens is 3. The molecule has 0 aliphatic rings. The molecular weight excluding hydrogens is 404 g/mol. The molecule has 6 heteroatoms. The molecule has 1 amide bonds. The van der Waals surface area contributed by atoms with E-state index in [9.17, 15) is 4.79 Å². The van der Waals surface area contributed by atoms with Gasteiger partial charge >= 0.3 is 0 Å². The van der Waals surface area contributed by atoms with Crippen molar-refractivity contribution in [2.75, 3.05) is 6.54 Å². The second-order valence-corrected chi connectivity index (χ2v) is 8.57. The number of rotatable bonds is 7. The molecule has 158 valence electrons. The smallest absolute Gasteiger partial charge is 0.253 e. The number of pyridine rings is 1. The molecule has 0 atom stereocenters. The molecule has 4 aromatic rings. The third-order valence-corrected chi connectivity index (χ3v) is 6.32. The number of carbonyl (C=O) groups is 1. The molecule has 0 unspecified atom stereocenters. The second-order valence-electron chi connectivity index (χ2n) is 7.63. The Morgan fingerprint density at radius 3 is 2.65 bits per heavy atom. The normalized spacial score (nSPS) is 10.9. The Kier molecular flexibility index (Phi) is 6.28. The van der Waals surface area contributed by atoms with Gasteiger partial charge in [0.05, 0.1) is 16.3 Å². The van der Waals surface area contributed by atoms with Crippen molar-refractivity contribution in [1.29, 1.82) is 0 Å². The summed E-state index contributed by atoms with van der Waals surface area (Å²) in [5.74, 6) is -0.0236. The number of benzene rings is 1. The lowest BCUT2D eigenvalue weighted by Crippen LogP contribution is -2.25. The molecule has 0 saturated carbocycles. The quantitative estimate of drug-likeness (QED) is 0.406. The molecule has 0 aliphatic carbocycles. The van der Waals surface area contributed by atoms with Crippen molar-refractivity contribution in [3.63, 3.8) is 0 Å². The van der Waals surface area contributed by atoms with Crippen LogP contribution in [0.2, 0.25) is 0 Å². The average molecular weight is 431 g/mol. The fourth-order valence-corrected chi connectivity index (χ4v) is 4.65. The van der Waals surface area contributed by atoms with Crippen molar-refractivity contribution in [2.45, 2.75) is 33.6 Å². The molecule has 0 saturated heterocycles. The maximum Gasteiger partial charge on any atom is 0.253 e. The summed E-state index contributed by atoms with van der Waals surface area (Å²) in [6.07, 6.45) is 5.25. The molecule has 31 heavy (non-hydrogen) atoms. The van der Waals surface area contributed by atoms with Crippen LogP contribution < -0.4 is 5.32 Å². The Labute approximate surface area is 186 Å². The van der Waals surface area contributed by atoms with Gasteiger partial charge in [0.2, 0.25) is 0 Å². The first-order valence-corrected chi connectivity index (χ1v) is 11.3. The molecule has 1 N–H and O–H groups in total. The number of nitrogens with one attached hydrogen (secondary N) is 1. The summed E-state index contributed by atoms with van der Waals surface area (Å²) in [6, 6.07) is 14.1. The number of para-hydroxylation sites is 1. The number of carbonyl (C=O) groups excluding carboxylic acids is 1. The van der Waals surface area contributed by atoms with E-state index >= 15 is 0 Å². The highest BCUT2D eigenvalue weighted by atomic mass is 32.1. The number of hydrogen-bond donors (Lipinski definition) is 1. The van der Waals surface area contributed by atoms with Gasteiger partial charge in [-0.15, -0.1) is 11.3 Å². The minimum absolute atomic E-state index is 0.0236. The fourth-order valence-electron chi connectivity index (χ4n) is 3.80. The molecular formula is C25H26N4OS. The second kappa shape index (κ2) is 9.27. The van der Waals surface area contributed by atoms with E-state index in [1.807, 2.05) is 44.2 Å². The SMILES string of the molecule is Cc1ccccc1-n1c(C)cc(C(=O)NCCCc2nc(-c3ccncc3)cs2)c1C. The molecule has 0 fully saturated rings. The van der Waals surface area contributed by atoms with Gasteiger partial charge in [0.15, 0.2) is 0 Å². The Bertz CT molecular complexity index is 1190. The van der Waals surface area contributed by atoms with Crippen LogP contribution in [-0.4, -0.2) is 27.0 Å². The molecule has 0 spiro atoms. The van der Waals surface area contributed by atoms with Crippen LogP contribution >= 0.6 is 11.3 Å². The van der Waals surface area contributed by atoms with Gasteiger partial charge in [-0.25, -0.2) is 4.98 Å². The number of amides is 1. The van der Waals surface area contributed by atoms with E-state index in [1.54, 1.807) is 23.7 Å². The van der Waals surface area contributed by atoms with Crippen LogP contribution in [0.4, 0.5) is 0 Å². The van der Waals surface area contributed by atoms with E-state index in [4.69, 9.17) is 4.98 Å². The highest BCUT2D eigenvalue weighted by molar-refractivity contribution is 7.09. The predicted octanol–water partition coefficient (Wildman–Crippen LogP) is 5.28. The lowest BCUT2D eigenvalue weighted by atomic mass is 10.2. The summed E-state index contributed by atoms with van der Waals surface area (Å²) in [5.41, 5.74) is 7.12. The third-order valence-electron chi connectivity index (χ3n) is 5.41. The van der Waals surface area contributed by atoms with Gasteiger partial charge in [-0.05, 0) is 57.0 Å². The first-order valence-electron chi connectivity index (χ1n) is 10.4. The largest absolute Gasteiger partial charge is 0.352 e. The summed E-state index contributed by atoms with van der Waals surface area (Å²) in [5, 5.41) is 6.23. The minimum Gasteiger partial charge on any atom is -0.352 e. The molecule has 0 radical (unpaired) electrons. The molecule has 4 rings (SSSR count). The van der Waals surface area contributed by atoms with E-state index in [0.29, 0.717) is 6.54 Å². The van der Waals surface area contributed by atoms with E-state index in [1.165, 1.54) is 5.56 Å². The van der Waals surface area contributed by atoms with Crippen LogP contribution in [0.3, 0.4) is 0 Å². The van der Waals surface area contributed by atoms with Crippen molar-refractivity contribution < 1.29 is 4.79 Å². The van der Waals surface area contributed by atoms with Crippen molar-refractivity contribution in [3.05, 3.63) is 87.8 Å². The van der Waals surface area contributed by atoms with Crippen LogP contribution in [0, 0.1) is 20.8 Å². The Morgan fingerprint density at radius 2 is 1.87 bits per heavy atom. The van der Waals surface area contributed by atoms with Crippen molar-refractivity contribution >= 4 is 17.2 Å². The molecule has 5 nitrogen and oxygen atoms in total. The highest BCUT2D eigenvalue weighted by Crippen LogP contribution is 2.24. The molecule has 1 aromatic carbocycles. The van der Waals surface area contributed by atoms with Gasteiger partial charge < -0.3 is 9.88 Å². The number of aryl methyl sites for hydroxylation is 3. The number of nitrogens with zero attached hydrogens (tertiary/aromatic N) is 3. The minimum atomic E-state index is -0.0236. The summed E-state index contributed by atoms with van der Waals surface area (Å²) >= 11 is 1.66. The third kappa shape index (κ3) is 4.59. The van der Waals surface area contributed by atoms with Gasteiger partial charge in [-0.2, -0.15) is 0 Å². The van der Waals surface area contributed by atoms with Crippen molar-refractivity contribution in [2.24, 2.45) is 0 Å². The van der Waals surface area contributed by atoms with E-state index < -0.39 is 0 Å². The lowest BCUT2D eigenvalue weighted by molar-refractivity contribution is 0.0952. The maximum atomic E-state index is 12.8. The van der Waals surface area contributed by atoms with Crippen molar-refractivity contribution in [1.82, 2.24) is 19.9 Å². The van der Waals surface area contributed by atoms with Crippen LogP contribution in [0.1, 0.15) is 38.7 Å². The number of hydrogen-bond acceptors (Lipinski definition) is 4. The molecule has 0 aliphatic heterocycles. The van der Waals surface area contributed by atoms with Crippen LogP contribution in [0.15, 0.2) is 60.2 Å². The van der Waals surface area contributed by atoms with Crippen LogP contribution in [0.25, 0.3) is 16.9 Å². The molecule has 3 heterocycles. The van der Waals surface area contributed by atoms with Gasteiger partial charge in [-0.1, -0.05) is 18.2 Å². The zero-order valence-electron chi connectivity index (χ0n) is 18.1. The average Bonchev–Trinajstić information content (AvgIpc) is 3.37. The Morgan fingerprint density at radius 1 is 1.10 bits per heavy atom.